The van der Waals surface area contributed by atoms with Crippen LogP contribution in [0.25, 0.3) is 21.9 Å². The van der Waals surface area contributed by atoms with Crippen molar-refractivity contribution in [2.24, 2.45) is 0 Å². The molecule has 0 atom stereocenters. The minimum Gasteiger partial charge on any atom is -0.349 e. The number of likely N-dealkylation sites (tertiary alicyclic amines) is 1. The Balaban J connectivity index is 1.15. The quantitative estimate of drug-likeness (QED) is 0.220. The highest BCUT2D eigenvalue weighted by atomic mass is 35.5. The highest BCUT2D eigenvalue weighted by Gasteiger charge is 2.28. The van der Waals surface area contributed by atoms with Crippen LogP contribution in [0.3, 0.4) is 0 Å². The molecular weight excluding hydrogens is 568 g/mol. The van der Waals surface area contributed by atoms with Gasteiger partial charge in [0, 0.05) is 24.5 Å². The number of aromatic nitrogens is 1. The van der Waals surface area contributed by atoms with Gasteiger partial charge in [0.2, 0.25) is 0 Å². The first kappa shape index (κ1) is 28.4. The Hall–Kier alpha value is -4.39. The van der Waals surface area contributed by atoms with E-state index in [-0.39, 0.29) is 11.8 Å². The molecule has 0 bridgehead atoms. The summed E-state index contributed by atoms with van der Waals surface area (Å²) < 4.78 is 2.04. The molecule has 0 spiro atoms. The highest BCUT2D eigenvalue weighted by Crippen LogP contribution is 2.34. The van der Waals surface area contributed by atoms with Crippen molar-refractivity contribution in [2.45, 2.75) is 32.4 Å². The van der Waals surface area contributed by atoms with E-state index in [1.807, 2.05) is 77.4 Å². The summed E-state index contributed by atoms with van der Waals surface area (Å²) in [7, 11) is 0. The van der Waals surface area contributed by atoms with Crippen LogP contribution in [-0.2, 0) is 13.1 Å². The summed E-state index contributed by atoms with van der Waals surface area (Å²) in [5.74, 6) is -0.258. The van der Waals surface area contributed by atoms with E-state index in [9.17, 15) is 9.59 Å². The van der Waals surface area contributed by atoms with Crippen LogP contribution in [-0.4, -0.2) is 47.5 Å². The zero-order valence-corrected chi connectivity index (χ0v) is 25.4. The average molecular weight is 603 g/mol. The molecule has 6 nitrogen and oxygen atoms in total. The number of anilines is 1. The second-order valence-electron chi connectivity index (χ2n) is 11.7. The molecule has 1 N–H and O–H groups in total. The highest BCUT2D eigenvalue weighted by molar-refractivity contribution is 6.35. The molecule has 222 valence electrons. The number of halogens is 1. The van der Waals surface area contributed by atoms with Crippen molar-refractivity contribution >= 4 is 39.9 Å². The molecular formula is C37H35ClN4O2. The van der Waals surface area contributed by atoms with E-state index in [2.05, 4.69) is 34.5 Å². The second-order valence-corrected chi connectivity index (χ2v) is 12.1. The molecule has 7 rings (SSSR count). The van der Waals surface area contributed by atoms with Crippen LogP contribution in [0.15, 0.2) is 97.1 Å². The SMILES string of the molecule is O=C(NCCN1CCCCC1)c1ccc2n1Cc1ccccc1N(C(=O)c1ccc(-c3cccc4ccccc34)cc1Cl)C2. The van der Waals surface area contributed by atoms with E-state index in [1.54, 1.807) is 4.90 Å². The molecule has 2 aliphatic rings. The molecule has 7 heteroatoms. The minimum absolute atomic E-state index is 0.0856. The molecule has 0 saturated carbocycles. The number of nitrogens with one attached hydrogen (secondary N) is 1. The van der Waals surface area contributed by atoms with Crippen molar-refractivity contribution < 1.29 is 9.59 Å². The average Bonchev–Trinajstić information content (AvgIpc) is 3.37. The van der Waals surface area contributed by atoms with Gasteiger partial charge >= 0.3 is 0 Å². The van der Waals surface area contributed by atoms with Crippen molar-refractivity contribution in [3.63, 3.8) is 0 Å². The molecule has 0 unspecified atom stereocenters. The number of carbonyl (C=O) groups excluding carboxylic acids is 2. The predicted octanol–water partition coefficient (Wildman–Crippen LogP) is 7.39. The maximum atomic E-state index is 14.2. The fraction of sp³-hybridized carbons (Fsp3) is 0.243. The van der Waals surface area contributed by atoms with Gasteiger partial charge in [0.25, 0.3) is 11.8 Å². The van der Waals surface area contributed by atoms with Gasteiger partial charge < -0.3 is 19.7 Å². The van der Waals surface area contributed by atoms with E-state index >= 15 is 0 Å². The van der Waals surface area contributed by atoms with E-state index in [0.717, 1.165) is 58.5 Å². The van der Waals surface area contributed by atoms with Gasteiger partial charge in [0.15, 0.2) is 0 Å². The van der Waals surface area contributed by atoms with Crippen LogP contribution in [0.4, 0.5) is 5.69 Å². The third-order valence-electron chi connectivity index (χ3n) is 8.94. The molecule has 1 saturated heterocycles. The molecule has 0 aliphatic carbocycles. The zero-order chi connectivity index (χ0) is 30.0. The second kappa shape index (κ2) is 12.3. The number of benzene rings is 4. The molecule has 5 aromatic rings. The van der Waals surface area contributed by atoms with Gasteiger partial charge in [0.05, 0.1) is 23.7 Å². The molecule has 2 aliphatic heterocycles. The van der Waals surface area contributed by atoms with Gasteiger partial charge in [-0.1, -0.05) is 84.8 Å². The number of rotatable bonds is 6. The van der Waals surface area contributed by atoms with E-state index in [0.29, 0.717) is 35.9 Å². The number of nitrogens with zero attached hydrogens (tertiary/aromatic N) is 3. The first-order valence-corrected chi connectivity index (χ1v) is 15.8. The smallest absolute Gasteiger partial charge is 0.267 e. The van der Waals surface area contributed by atoms with Crippen molar-refractivity contribution in [1.29, 1.82) is 0 Å². The van der Waals surface area contributed by atoms with Crippen LogP contribution in [0.2, 0.25) is 5.02 Å². The maximum absolute atomic E-state index is 14.2. The van der Waals surface area contributed by atoms with E-state index in [4.69, 9.17) is 11.6 Å². The van der Waals surface area contributed by atoms with Gasteiger partial charge in [-0.15, -0.1) is 0 Å². The number of piperidine rings is 1. The van der Waals surface area contributed by atoms with E-state index < -0.39 is 0 Å². The third-order valence-corrected chi connectivity index (χ3v) is 9.25. The fourth-order valence-electron chi connectivity index (χ4n) is 6.62. The molecule has 2 amide bonds. The largest absolute Gasteiger partial charge is 0.349 e. The summed E-state index contributed by atoms with van der Waals surface area (Å²) in [5.41, 5.74) is 5.79. The monoisotopic (exact) mass is 602 g/mol. The minimum atomic E-state index is -0.172. The Morgan fingerprint density at radius 1 is 0.795 bits per heavy atom. The molecule has 1 fully saturated rings. The first-order chi connectivity index (χ1) is 21.6. The first-order valence-electron chi connectivity index (χ1n) is 15.4. The molecule has 44 heavy (non-hydrogen) atoms. The van der Waals surface area contributed by atoms with Crippen LogP contribution in [0.1, 0.15) is 51.4 Å². The van der Waals surface area contributed by atoms with Gasteiger partial charge in [-0.2, -0.15) is 0 Å². The predicted molar refractivity (Wildman–Crippen MR) is 178 cm³/mol. The Morgan fingerprint density at radius 3 is 2.45 bits per heavy atom. The molecule has 4 aromatic carbocycles. The normalized spacial score (nSPS) is 15.0. The maximum Gasteiger partial charge on any atom is 0.267 e. The van der Waals surface area contributed by atoms with Gasteiger partial charge in [-0.25, -0.2) is 0 Å². The van der Waals surface area contributed by atoms with Crippen molar-refractivity contribution in [3.8, 4) is 11.1 Å². The summed E-state index contributed by atoms with van der Waals surface area (Å²) in [4.78, 5) is 31.7. The Bertz CT molecular complexity index is 1850. The van der Waals surface area contributed by atoms with Crippen molar-refractivity contribution in [1.82, 2.24) is 14.8 Å². The molecule has 0 radical (unpaired) electrons. The summed E-state index contributed by atoms with van der Waals surface area (Å²) in [6, 6.07) is 31.9. The van der Waals surface area contributed by atoms with Crippen molar-refractivity contribution in [2.75, 3.05) is 31.1 Å². The Morgan fingerprint density at radius 2 is 1.59 bits per heavy atom. The summed E-state index contributed by atoms with van der Waals surface area (Å²) in [6.45, 7) is 4.53. The standard InChI is InChI=1S/C37H35ClN4O2/c38-33-23-27(31-13-8-11-26-9-2-4-12-30(26)31)15-17-32(33)37(44)42-25-29-16-18-35(41(29)24-28-10-3-5-14-34(28)42)36(43)39-19-22-40-20-6-1-7-21-40/h2-5,8-18,23H,1,6-7,19-22,24-25H2,(H,39,43). The summed E-state index contributed by atoms with van der Waals surface area (Å²) in [5, 5.41) is 5.82. The summed E-state index contributed by atoms with van der Waals surface area (Å²) >= 11 is 6.85. The zero-order valence-electron chi connectivity index (χ0n) is 24.6. The van der Waals surface area contributed by atoms with Crippen LogP contribution in [0, 0.1) is 0 Å². The van der Waals surface area contributed by atoms with Crippen molar-refractivity contribution in [3.05, 3.63) is 125 Å². The fourth-order valence-corrected chi connectivity index (χ4v) is 6.88. The van der Waals surface area contributed by atoms with E-state index in [1.165, 1.54) is 19.3 Å². The Labute approximate surface area is 262 Å². The lowest BCUT2D eigenvalue weighted by Gasteiger charge is -2.26. The lowest BCUT2D eigenvalue weighted by molar-refractivity contribution is 0.0937. The lowest BCUT2D eigenvalue weighted by Crippen LogP contribution is -2.38. The summed E-state index contributed by atoms with van der Waals surface area (Å²) in [6.07, 6.45) is 3.76. The number of amides is 2. The topological polar surface area (TPSA) is 57.6 Å². The lowest BCUT2D eigenvalue weighted by atomic mass is 9.97. The number of para-hydroxylation sites is 1. The third kappa shape index (κ3) is 5.51. The number of carbonyl (C=O) groups is 2. The number of hydrogen-bond donors (Lipinski definition) is 1. The van der Waals surface area contributed by atoms with Crippen LogP contribution in [0.5, 0.6) is 0 Å². The number of hydrogen-bond acceptors (Lipinski definition) is 3. The Kier molecular flexibility index (Phi) is 7.94. The van der Waals surface area contributed by atoms with Gasteiger partial charge in [-0.3, -0.25) is 9.59 Å². The van der Waals surface area contributed by atoms with Crippen LogP contribution >= 0.6 is 11.6 Å². The molecule has 3 heterocycles. The number of fused-ring (bicyclic) bond motifs is 3. The van der Waals surface area contributed by atoms with Crippen LogP contribution < -0.4 is 10.2 Å². The molecule has 1 aromatic heterocycles. The van der Waals surface area contributed by atoms with Gasteiger partial charge in [-0.05, 0) is 83.7 Å². The van der Waals surface area contributed by atoms with Gasteiger partial charge in [0.1, 0.15) is 5.69 Å².